The van der Waals surface area contributed by atoms with E-state index in [1.165, 1.54) is 7.11 Å². The van der Waals surface area contributed by atoms with E-state index in [1.54, 1.807) is 10.9 Å². The van der Waals surface area contributed by atoms with Gasteiger partial charge in [-0.2, -0.15) is 5.10 Å². The van der Waals surface area contributed by atoms with E-state index in [1.807, 2.05) is 20.2 Å². The van der Waals surface area contributed by atoms with Crippen molar-refractivity contribution in [2.24, 2.45) is 12.8 Å². The highest BCUT2D eigenvalue weighted by molar-refractivity contribution is 5.71. The molecule has 0 saturated carbocycles. The van der Waals surface area contributed by atoms with Crippen molar-refractivity contribution in [2.45, 2.75) is 25.3 Å². The summed E-state index contributed by atoms with van der Waals surface area (Å²) in [4.78, 5) is 11.2. The van der Waals surface area contributed by atoms with Crippen LogP contribution in [0.1, 0.15) is 25.3 Å². The fourth-order valence-corrected chi connectivity index (χ4v) is 1.44. The molecule has 0 spiro atoms. The van der Waals surface area contributed by atoms with Gasteiger partial charge in [-0.25, -0.2) is 0 Å². The molecule has 0 radical (unpaired) electrons. The lowest BCUT2D eigenvalue weighted by molar-refractivity contribution is -0.142. The maximum Gasteiger partial charge on any atom is 0.307 e. The van der Waals surface area contributed by atoms with Crippen molar-refractivity contribution in [1.29, 1.82) is 0 Å². The van der Waals surface area contributed by atoms with Gasteiger partial charge >= 0.3 is 5.97 Å². The second kappa shape index (κ2) is 4.44. The number of methoxy groups -OCH3 is 1. The van der Waals surface area contributed by atoms with Gasteiger partial charge in [0.1, 0.15) is 0 Å². The lowest BCUT2D eigenvalue weighted by Gasteiger charge is -2.25. The predicted octanol–water partition coefficient (Wildman–Crippen LogP) is 0.547. The van der Waals surface area contributed by atoms with E-state index in [9.17, 15) is 4.79 Å². The smallest absolute Gasteiger partial charge is 0.307 e. The highest BCUT2D eigenvalue weighted by atomic mass is 16.5. The van der Waals surface area contributed by atoms with Crippen molar-refractivity contribution in [3.05, 3.63) is 18.0 Å². The first-order valence-electron chi connectivity index (χ1n) is 4.86. The number of carbonyl (C=O) groups is 1. The average molecular weight is 211 g/mol. The molecule has 1 heterocycles. The molecule has 15 heavy (non-hydrogen) atoms. The van der Waals surface area contributed by atoms with Gasteiger partial charge in [-0.3, -0.25) is 9.48 Å². The van der Waals surface area contributed by atoms with Gasteiger partial charge in [0, 0.05) is 18.8 Å². The number of hydrogen-bond acceptors (Lipinski definition) is 4. The van der Waals surface area contributed by atoms with Crippen LogP contribution < -0.4 is 5.73 Å². The van der Waals surface area contributed by atoms with Crippen molar-refractivity contribution < 1.29 is 9.53 Å². The topological polar surface area (TPSA) is 70.1 Å². The van der Waals surface area contributed by atoms with Crippen molar-refractivity contribution >= 4 is 5.97 Å². The predicted molar refractivity (Wildman–Crippen MR) is 56.0 cm³/mol. The Bertz CT molecular complexity index is 348. The lowest BCUT2D eigenvalue weighted by atomic mass is 9.87. The number of carbonyl (C=O) groups excluding carboxylic acids is 1. The summed E-state index contributed by atoms with van der Waals surface area (Å²) in [5.74, 6) is -0.303. The first kappa shape index (κ1) is 11.7. The van der Waals surface area contributed by atoms with E-state index in [2.05, 4.69) is 9.84 Å². The second-order valence-corrected chi connectivity index (χ2v) is 3.67. The molecule has 5 nitrogen and oxygen atoms in total. The Morgan fingerprint density at radius 3 is 2.80 bits per heavy atom. The molecule has 0 aliphatic rings. The number of aromatic nitrogens is 2. The average Bonchev–Trinajstić information content (AvgIpc) is 2.65. The summed E-state index contributed by atoms with van der Waals surface area (Å²) in [6, 6.07) is 0. The normalized spacial score (nSPS) is 14.7. The fourth-order valence-electron chi connectivity index (χ4n) is 1.44. The third kappa shape index (κ3) is 2.56. The van der Waals surface area contributed by atoms with Crippen LogP contribution in [0.5, 0.6) is 0 Å². The van der Waals surface area contributed by atoms with Crippen LogP contribution in [0.15, 0.2) is 12.4 Å². The molecule has 0 aliphatic carbocycles. The maximum absolute atomic E-state index is 11.2. The summed E-state index contributed by atoms with van der Waals surface area (Å²) >= 11 is 0. The lowest BCUT2D eigenvalue weighted by Crippen LogP contribution is -2.38. The van der Waals surface area contributed by atoms with Crippen LogP contribution in [0.25, 0.3) is 0 Å². The van der Waals surface area contributed by atoms with Crippen molar-refractivity contribution in [2.75, 3.05) is 7.11 Å². The largest absolute Gasteiger partial charge is 0.469 e. The molecule has 0 amide bonds. The molecule has 1 aromatic rings. The van der Waals surface area contributed by atoms with Gasteiger partial charge < -0.3 is 10.5 Å². The van der Waals surface area contributed by atoms with Crippen LogP contribution in [0.4, 0.5) is 0 Å². The molecule has 0 unspecified atom stereocenters. The van der Waals surface area contributed by atoms with Crippen molar-refractivity contribution in [3.63, 3.8) is 0 Å². The van der Waals surface area contributed by atoms with E-state index in [-0.39, 0.29) is 12.4 Å². The van der Waals surface area contributed by atoms with Gasteiger partial charge in [0.2, 0.25) is 0 Å². The Hall–Kier alpha value is -1.36. The Labute approximate surface area is 89.2 Å². The van der Waals surface area contributed by atoms with Gasteiger partial charge in [0.05, 0.1) is 25.3 Å². The zero-order valence-corrected chi connectivity index (χ0v) is 9.36. The molecule has 0 aromatic carbocycles. The Morgan fingerprint density at radius 1 is 1.73 bits per heavy atom. The molecule has 0 aliphatic heterocycles. The van der Waals surface area contributed by atoms with Crippen molar-refractivity contribution in [3.8, 4) is 0 Å². The zero-order chi connectivity index (χ0) is 11.5. The van der Waals surface area contributed by atoms with E-state index < -0.39 is 5.54 Å². The number of aryl methyl sites for hydroxylation is 1. The summed E-state index contributed by atoms with van der Waals surface area (Å²) in [6.45, 7) is 1.94. The number of hydrogen-bond donors (Lipinski definition) is 1. The summed E-state index contributed by atoms with van der Waals surface area (Å²) < 4.78 is 6.30. The number of nitrogens with zero attached hydrogens (tertiary/aromatic N) is 2. The number of nitrogens with two attached hydrogens (primary N) is 1. The minimum absolute atomic E-state index is 0.172. The molecule has 84 valence electrons. The van der Waals surface area contributed by atoms with Crippen LogP contribution in [-0.2, 0) is 22.1 Å². The van der Waals surface area contributed by atoms with Gasteiger partial charge in [0.15, 0.2) is 0 Å². The van der Waals surface area contributed by atoms with Gasteiger partial charge in [-0.05, 0) is 6.42 Å². The minimum Gasteiger partial charge on any atom is -0.469 e. The summed E-state index contributed by atoms with van der Waals surface area (Å²) in [6.07, 6.45) is 4.35. The van der Waals surface area contributed by atoms with E-state index in [0.29, 0.717) is 6.42 Å². The van der Waals surface area contributed by atoms with Crippen LogP contribution in [-0.4, -0.2) is 22.9 Å². The number of ether oxygens (including phenoxy) is 1. The van der Waals surface area contributed by atoms with E-state index in [4.69, 9.17) is 5.73 Å². The molecule has 0 bridgehead atoms. The zero-order valence-electron chi connectivity index (χ0n) is 9.36. The first-order chi connectivity index (χ1) is 7.01. The highest BCUT2D eigenvalue weighted by Crippen LogP contribution is 2.25. The van der Waals surface area contributed by atoms with Crippen LogP contribution in [0, 0.1) is 0 Å². The molecular weight excluding hydrogens is 194 g/mol. The molecule has 1 aromatic heterocycles. The molecule has 1 atom stereocenters. The van der Waals surface area contributed by atoms with Crippen LogP contribution in [0.3, 0.4) is 0 Å². The molecule has 0 fully saturated rings. The van der Waals surface area contributed by atoms with Gasteiger partial charge in [-0.15, -0.1) is 0 Å². The number of esters is 1. The van der Waals surface area contributed by atoms with E-state index >= 15 is 0 Å². The molecule has 2 N–H and O–H groups in total. The summed E-state index contributed by atoms with van der Waals surface area (Å²) in [5.41, 5.74) is 6.33. The molecule has 1 rings (SSSR count). The standard InChI is InChI=1S/C10H17N3O2/c1-4-10(11,5-9(14)15-3)8-6-12-13(2)7-8/h6-7H,4-5,11H2,1-3H3/t10-/m0/s1. The molecule has 5 heteroatoms. The molecular formula is C10H17N3O2. The summed E-state index contributed by atoms with van der Waals surface area (Å²) in [7, 11) is 3.18. The Morgan fingerprint density at radius 2 is 2.40 bits per heavy atom. The first-order valence-corrected chi connectivity index (χ1v) is 4.86. The SMILES string of the molecule is CC[C@](N)(CC(=O)OC)c1cnn(C)c1. The Kier molecular flexibility index (Phi) is 3.47. The monoisotopic (exact) mass is 211 g/mol. The summed E-state index contributed by atoms with van der Waals surface area (Å²) in [5, 5.41) is 4.05. The van der Waals surface area contributed by atoms with Crippen molar-refractivity contribution in [1.82, 2.24) is 9.78 Å². The van der Waals surface area contributed by atoms with E-state index in [0.717, 1.165) is 5.56 Å². The fraction of sp³-hybridized carbons (Fsp3) is 0.600. The minimum atomic E-state index is -0.679. The Balaban J connectivity index is 2.89. The third-order valence-electron chi connectivity index (χ3n) is 2.60. The molecule has 0 saturated heterocycles. The quantitative estimate of drug-likeness (QED) is 0.738. The van der Waals surface area contributed by atoms with Gasteiger partial charge in [-0.1, -0.05) is 6.92 Å². The third-order valence-corrected chi connectivity index (χ3v) is 2.60. The maximum atomic E-state index is 11.2. The van der Waals surface area contributed by atoms with Crippen LogP contribution in [0.2, 0.25) is 0 Å². The van der Waals surface area contributed by atoms with Crippen LogP contribution >= 0.6 is 0 Å². The van der Waals surface area contributed by atoms with Gasteiger partial charge in [0.25, 0.3) is 0 Å². The number of rotatable bonds is 4. The second-order valence-electron chi connectivity index (χ2n) is 3.67. The highest BCUT2D eigenvalue weighted by Gasteiger charge is 2.30.